The van der Waals surface area contributed by atoms with Crippen molar-refractivity contribution in [2.45, 2.75) is 26.8 Å². The number of benzene rings is 1. The highest BCUT2D eigenvalue weighted by Gasteiger charge is 2.17. The van der Waals surface area contributed by atoms with Crippen LogP contribution in [0.3, 0.4) is 0 Å². The molecule has 1 unspecified atom stereocenters. The number of aryl methyl sites for hydroxylation is 2. The second-order valence-electron chi connectivity index (χ2n) is 4.76. The predicted molar refractivity (Wildman–Crippen MR) is 82.8 cm³/mol. The van der Waals surface area contributed by atoms with Crippen molar-refractivity contribution in [1.29, 1.82) is 0 Å². The smallest absolute Gasteiger partial charge is 0.256 e. The van der Waals surface area contributed by atoms with Crippen molar-refractivity contribution >= 4 is 28.9 Å². The number of halogens is 3. The fourth-order valence-corrected chi connectivity index (χ4v) is 2.78. The Labute approximate surface area is 131 Å². The van der Waals surface area contributed by atoms with Crippen LogP contribution in [0.4, 0.5) is 10.1 Å². The van der Waals surface area contributed by atoms with E-state index < -0.39 is 5.82 Å². The number of nitrogens with one attached hydrogen (secondary N) is 2. The standard InChI is InChI=1S/C14H14Cl2FN3O/c1-6-12(14(21)20-8(3)18-6)7(2)19-13-10(15)4-9(17)5-11(13)16/h4-5,7,19H,1-3H3,(H,18,20,21). The summed E-state index contributed by atoms with van der Waals surface area (Å²) in [4.78, 5) is 18.9. The summed E-state index contributed by atoms with van der Waals surface area (Å²) in [6, 6.07) is 1.93. The molecule has 0 saturated carbocycles. The van der Waals surface area contributed by atoms with Crippen LogP contribution >= 0.6 is 23.2 Å². The van der Waals surface area contributed by atoms with E-state index in [1.165, 1.54) is 0 Å². The zero-order valence-corrected chi connectivity index (χ0v) is 13.2. The predicted octanol–water partition coefficient (Wildman–Crippen LogP) is 4.01. The highest BCUT2D eigenvalue weighted by molar-refractivity contribution is 6.39. The van der Waals surface area contributed by atoms with Crippen LogP contribution in [-0.2, 0) is 0 Å². The zero-order valence-electron chi connectivity index (χ0n) is 11.7. The van der Waals surface area contributed by atoms with Crippen molar-refractivity contribution in [2.75, 3.05) is 5.32 Å². The van der Waals surface area contributed by atoms with E-state index in [4.69, 9.17) is 23.2 Å². The summed E-state index contributed by atoms with van der Waals surface area (Å²) in [6.45, 7) is 5.25. The molecular formula is C14H14Cl2FN3O. The third kappa shape index (κ3) is 3.36. The molecule has 2 aromatic rings. The van der Waals surface area contributed by atoms with Gasteiger partial charge in [-0.1, -0.05) is 23.2 Å². The Morgan fingerprint density at radius 2 is 1.86 bits per heavy atom. The average molecular weight is 330 g/mol. The van der Waals surface area contributed by atoms with Crippen molar-refractivity contribution in [3.8, 4) is 0 Å². The van der Waals surface area contributed by atoms with Gasteiger partial charge in [-0.25, -0.2) is 9.37 Å². The van der Waals surface area contributed by atoms with Gasteiger partial charge >= 0.3 is 0 Å². The monoisotopic (exact) mass is 329 g/mol. The molecule has 1 heterocycles. The largest absolute Gasteiger partial charge is 0.376 e. The van der Waals surface area contributed by atoms with E-state index in [9.17, 15) is 9.18 Å². The lowest BCUT2D eigenvalue weighted by molar-refractivity contribution is 0.628. The van der Waals surface area contributed by atoms with Gasteiger partial charge in [0.15, 0.2) is 0 Å². The van der Waals surface area contributed by atoms with E-state index in [1.54, 1.807) is 20.8 Å². The first-order chi connectivity index (χ1) is 9.79. The SMILES string of the molecule is Cc1nc(C)c(C(C)Nc2c(Cl)cc(F)cc2Cl)c(=O)[nH]1. The minimum absolute atomic E-state index is 0.154. The molecule has 0 spiro atoms. The summed E-state index contributed by atoms with van der Waals surface area (Å²) >= 11 is 12.0. The molecule has 0 fully saturated rings. The zero-order chi connectivity index (χ0) is 15.7. The molecule has 1 atom stereocenters. The Morgan fingerprint density at radius 1 is 1.29 bits per heavy atom. The molecule has 0 radical (unpaired) electrons. The van der Waals surface area contributed by atoms with Gasteiger partial charge in [-0.2, -0.15) is 0 Å². The number of aromatic amines is 1. The van der Waals surface area contributed by atoms with E-state index in [1.807, 2.05) is 0 Å². The van der Waals surface area contributed by atoms with Crippen LogP contribution in [0.25, 0.3) is 0 Å². The lowest BCUT2D eigenvalue weighted by Crippen LogP contribution is -2.23. The van der Waals surface area contributed by atoms with Crippen LogP contribution in [0.2, 0.25) is 10.0 Å². The third-order valence-electron chi connectivity index (χ3n) is 3.06. The number of H-pyrrole nitrogens is 1. The summed E-state index contributed by atoms with van der Waals surface area (Å²) in [5.74, 6) is 0.0283. The van der Waals surface area contributed by atoms with Crippen LogP contribution in [0, 0.1) is 19.7 Å². The van der Waals surface area contributed by atoms with Crippen molar-refractivity contribution in [2.24, 2.45) is 0 Å². The second kappa shape index (κ2) is 6.03. The summed E-state index contributed by atoms with van der Waals surface area (Å²) in [7, 11) is 0. The summed E-state index contributed by atoms with van der Waals surface area (Å²) in [5.41, 5.74) is 1.25. The minimum atomic E-state index is -0.519. The molecule has 21 heavy (non-hydrogen) atoms. The van der Waals surface area contributed by atoms with Gasteiger partial charge in [-0.3, -0.25) is 4.79 Å². The van der Waals surface area contributed by atoms with Crippen molar-refractivity contribution in [3.63, 3.8) is 0 Å². The molecule has 1 aromatic heterocycles. The number of anilines is 1. The maximum atomic E-state index is 13.2. The Morgan fingerprint density at radius 3 is 2.38 bits per heavy atom. The molecule has 1 aromatic carbocycles. The molecular weight excluding hydrogens is 316 g/mol. The van der Waals surface area contributed by atoms with E-state index >= 15 is 0 Å². The second-order valence-corrected chi connectivity index (χ2v) is 5.58. The van der Waals surface area contributed by atoms with Gasteiger partial charge in [0.1, 0.15) is 11.6 Å². The fraction of sp³-hybridized carbons (Fsp3) is 0.286. The Hall–Kier alpha value is -1.59. The third-order valence-corrected chi connectivity index (χ3v) is 3.66. The Balaban J connectivity index is 2.40. The Kier molecular flexibility index (Phi) is 4.54. The van der Waals surface area contributed by atoms with Gasteiger partial charge in [0.2, 0.25) is 0 Å². The summed E-state index contributed by atoms with van der Waals surface area (Å²) < 4.78 is 13.2. The first kappa shape index (κ1) is 15.8. The van der Waals surface area contributed by atoms with Gasteiger partial charge in [-0.15, -0.1) is 0 Å². The molecule has 0 aliphatic heterocycles. The lowest BCUT2D eigenvalue weighted by Gasteiger charge is -2.18. The van der Waals surface area contributed by atoms with Gasteiger partial charge in [-0.05, 0) is 32.9 Å². The highest BCUT2D eigenvalue weighted by Crippen LogP contribution is 2.33. The van der Waals surface area contributed by atoms with E-state index in [-0.39, 0.29) is 21.6 Å². The summed E-state index contributed by atoms with van der Waals surface area (Å²) in [6.07, 6.45) is 0. The number of hydrogen-bond donors (Lipinski definition) is 2. The molecule has 0 amide bonds. The first-order valence-electron chi connectivity index (χ1n) is 6.28. The Bertz CT molecular complexity index is 722. The molecule has 0 aliphatic carbocycles. The lowest BCUT2D eigenvalue weighted by atomic mass is 10.1. The topological polar surface area (TPSA) is 57.8 Å². The van der Waals surface area contributed by atoms with Crippen LogP contribution in [0.1, 0.15) is 30.0 Å². The van der Waals surface area contributed by atoms with Gasteiger partial charge < -0.3 is 10.3 Å². The van der Waals surface area contributed by atoms with Crippen LogP contribution in [-0.4, -0.2) is 9.97 Å². The molecule has 0 aliphatic rings. The molecule has 2 N–H and O–H groups in total. The van der Waals surface area contributed by atoms with Crippen LogP contribution in [0.15, 0.2) is 16.9 Å². The quantitative estimate of drug-likeness (QED) is 0.894. The van der Waals surface area contributed by atoms with E-state index in [0.717, 1.165) is 12.1 Å². The van der Waals surface area contributed by atoms with Crippen molar-refractivity contribution in [3.05, 3.63) is 55.4 Å². The molecule has 0 bridgehead atoms. The number of aromatic nitrogens is 2. The van der Waals surface area contributed by atoms with E-state index in [0.29, 0.717) is 22.8 Å². The van der Waals surface area contributed by atoms with Crippen LogP contribution in [0.5, 0.6) is 0 Å². The molecule has 2 rings (SSSR count). The van der Waals surface area contributed by atoms with Crippen LogP contribution < -0.4 is 10.9 Å². The average Bonchev–Trinajstić information content (AvgIpc) is 2.32. The van der Waals surface area contributed by atoms with Gasteiger partial charge in [0.25, 0.3) is 5.56 Å². The molecule has 112 valence electrons. The molecule has 4 nitrogen and oxygen atoms in total. The maximum absolute atomic E-state index is 13.2. The van der Waals surface area contributed by atoms with E-state index in [2.05, 4.69) is 15.3 Å². The maximum Gasteiger partial charge on any atom is 0.256 e. The van der Waals surface area contributed by atoms with Crippen molar-refractivity contribution in [1.82, 2.24) is 9.97 Å². The normalized spacial score (nSPS) is 12.3. The first-order valence-corrected chi connectivity index (χ1v) is 7.03. The number of rotatable bonds is 3. The van der Waals surface area contributed by atoms with Gasteiger partial charge in [0.05, 0.1) is 33.0 Å². The number of nitrogens with zero attached hydrogens (tertiary/aromatic N) is 1. The van der Waals surface area contributed by atoms with Gasteiger partial charge in [0, 0.05) is 0 Å². The number of hydrogen-bond acceptors (Lipinski definition) is 3. The summed E-state index contributed by atoms with van der Waals surface area (Å²) in [5, 5.41) is 3.34. The van der Waals surface area contributed by atoms with Crippen molar-refractivity contribution < 1.29 is 4.39 Å². The molecule has 7 heteroatoms. The minimum Gasteiger partial charge on any atom is -0.376 e. The highest BCUT2D eigenvalue weighted by atomic mass is 35.5. The fourth-order valence-electron chi connectivity index (χ4n) is 2.21. The molecule has 0 saturated heterocycles.